The van der Waals surface area contributed by atoms with Crippen LogP contribution in [0.3, 0.4) is 0 Å². The van der Waals surface area contributed by atoms with Crippen LogP contribution in [0, 0.1) is 13.8 Å². The third-order valence-corrected chi connectivity index (χ3v) is 6.38. The van der Waals surface area contributed by atoms with Crippen molar-refractivity contribution in [1.82, 2.24) is 9.55 Å². The van der Waals surface area contributed by atoms with E-state index in [-0.39, 0.29) is 0 Å². The summed E-state index contributed by atoms with van der Waals surface area (Å²) in [6.07, 6.45) is 2.73. The Morgan fingerprint density at radius 1 is 1.35 bits per heavy atom. The average Bonchev–Trinajstić information content (AvgIpc) is 3.31. The van der Waals surface area contributed by atoms with E-state index in [9.17, 15) is 0 Å². The number of hydrogen-bond donors (Lipinski definition) is 0. The predicted molar refractivity (Wildman–Crippen MR) is 97.3 cm³/mol. The first-order valence-electron chi connectivity index (χ1n) is 8.00. The normalized spacial score (nSPS) is 17.9. The zero-order valence-corrected chi connectivity index (χ0v) is 15.0. The van der Waals surface area contributed by atoms with Gasteiger partial charge >= 0.3 is 0 Å². The van der Waals surface area contributed by atoms with E-state index in [0.717, 1.165) is 23.9 Å². The van der Waals surface area contributed by atoms with Crippen molar-refractivity contribution in [2.24, 2.45) is 0 Å². The van der Waals surface area contributed by atoms with E-state index in [1.54, 1.807) is 22.7 Å². The minimum Gasteiger partial charge on any atom is -0.376 e. The monoisotopic (exact) mass is 344 g/mol. The number of hydrogen-bond acceptors (Lipinski definition) is 4. The zero-order valence-electron chi connectivity index (χ0n) is 13.4. The topological polar surface area (TPSA) is 27.1 Å². The highest BCUT2D eigenvalue weighted by Gasteiger charge is 2.20. The van der Waals surface area contributed by atoms with Gasteiger partial charge in [-0.3, -0.25) is 0 Å². The van der Waals surface area contributed by atoms with Crippen LogP contribution in [0.1, 0.15) is 24.2 Å². The first kappa shape index (κ1) is 15.1. The molecule has 0 unspecified atom stereocenters. The van der Waals surface area contributed by atoms with E-state index >= 15 is 0 Å². The van der Waals surface area contributed by atoms with Crippen LogP contribution in [0.5, 0.6) is 0 Å². The van der Waals surface area contributed by atoms with Crippen LogP contribution in [0.4, 0.5) is 0 Å². The zero-order chi connectivity index (χ0) is 15.8. The first-order valence-corrected chi connectivity index (χ1v) is 9.76. The molecule has 5 heteroatoms. The predicted octanol–water partition coefficient (Wildman–Crippen LogP) is 5.14. The molecule has 1 saturated heterocycles. The standard InChI is InChI=1S/C18H20N2OS2/c1-12-9-15(13(2)20(12)10-14-5-3-7-21-14)16-11-23-18(19-16)17-6-4-8-22-17/h4,6,8-9,11,14H,3,5,7,10H2,1-2H3/t14-/m0/s1. The van der Waals surface area contributed by atoms with Gasteiger partial charge in [-0.25, -0.2) is 4.98 Å². The third-order valence-electron chi connectivity index (χ3n) is 4.50. The molecule has 0 spiro atoms. The second-order valence-corrected chi connectivity index (χ2v) is 7.85. The molecule has 1 fully saturated rings. The van der Waals surface area contributed by atoms with Gasteiger partial charge in [0.05, 0.1) is 16.7 Å². The van der Waals surface area contributed by atoms with Crippen molar-refractivity contribution in [3.05, 3.63) is 40.3 Å². The highest BCUT2D eigenvalue weighted by molar-refractivity contribution is 7.20. The van der Waals surface area contributed by atoms with E-state index in [2.05, 4.69) is 47.4 Å². The lowest BCUT2D eigenvalue weighted by Gasteiger charge is -2.14. The molecule has 4 heterocycles. The molecule has 23 heavy (non-hydrogen) atoms. The molecular formula is C18H20N2OS2. The second kappa shape index (κ2) is 6.23. The van der Waals surface area contributed by atoms with Gasteiger partial charge in [0.1, 0.15) is 5.01 Å². The Kier molecular flexibility index (Phi) is 4.09. The number of ether oxygens (including phenoxy) is 1. The lowest BCUT2D eigenvalue weighted by molar-refractivity contribution is 0.0962. The fourth-order valence-electron chi connectivity index (χ4n) is 3.24. The van der Waals surface area contributed by atoms with Gasteiger partial charge in [-0.1, -0.05) is 6.07 Å². The molecule has 0 N–H and O–H groups in total. The summed E-state index contributed by atoms with van der Waals surface area (Å²) in [4.78, 5) is 6.10. The Bertz CT molecular complexity index is 795. The van der Waals surface area contributed by atoms with E-state index in [0.29, 0.717) is 6.10 Å². The minimum atomic E-state index is 0.366. The molecule has 0 saturated carbocycles. The maximum atomic E-state index is 5.80. The van der Waals surface area contributed by atoms with Crippen molar-refractivity contribution >= 4 is 22.7 Å². The highest BCUT2D eigenvalue weighted by Crippen LogP contribution is 2.34. The van der Waals surface area contributed by atoms with Gasteiger partial charge in [-0.2, -0.15) is 0 Å². The lowest BCUT2D eigenvalue weighted by atomic mass is 10.2. The molecule has 4 rings (SSSR count). The van der Waals surface area contributed by atoms with Crippen molar-refractivity contribution in [3.63, 3.8) is 0 Å². The number of rotatable bonds is 4. The van der Waals surface area contributed by atoms with Gasteiger partial charge in [-0.05, 0) is 44.2 Å². The van der Waals surface area contributed by atoms with Crippen molar-refractivity contribution in [1.29, 1.82) is 0 Å². The summed E-state index contributed by atoms with van der Waals surface area (Å²) in [5, 5.41) is 5.39. The Morgan fingerprint density at radius 3 is 3.00 bits per heavy atom. The number of thiazole rings is 1. The smallest absolute Gasteiger partial charge is 0.134 e. The molecular weight excluding hydrogens is 324 g/mol. The molecule has 3 aromatic heterocycles. The Hall–Kier alpha value is -1.43. The largest absolute Gasteiger partial charge is 0.376 e. The summed E-state index contributed by atoms with van der Waals surface area (Å²) in [5.41, 5.74) is 4.92. The summed E-state index contributed by atoms with van der Waals surface area (Å²) >= 11 is 3.47. The summed E-state index contributed by atoms with van der Waals surface area (Å²) in [7, 11) is 0. The van der Waals surface area contributed by atoms with E-state index in [4.69, 9.17) is 9.72 Å². The molecule has 3 aromatic rings. The number of aryl methyl sites for hydroxylation is 1. The van der Waals surface area contributed by atoms with Crippen LogP contribution in [-0.2, 0) is 11.3 Å². The average molecular weight is 345 g/mol. The molecule has 0 aromatic carbocycles. The van der Waals surface area contributed by atoms with Gasteiger partial charge in [0.2, 0.25) is 0 Å². The molecule has 1 aliphatic heterocycles. The number of thiophene rings is 1. The van der Waals surface area contributed by atoms with E-state index in [1.807, 2.05) is 0 Å². The molecule has 0 amide bonds. The number of aromatic nitrogens is 2. The minimum absolute atomic E-state index is 0.366. The van der Waals surface area contributed by atoms with Gasteiger partial charge in [0.15, 0.2) is 0 Å². The van der Waals surface area contributed by atoms with Crippen LogP contribution in [0.25, 0.3) is 21.1 Å². The van der Waals surface area contributed by atoms with Gasteiger partial charge in [-0.15, -0.1) is 22.7 Å². The number of nitrogens with zero attached hydrogens (tertiary/aromatic N) is 2. The summed E-state index contributed by atoms with van der Waals surface area (Å²) < 4.78 is 8.19. The van der Waals surface area contributed by atoms with E-state index < -0.39 is 0 Å². The van der Waals surface area contributed by atoms with Crippen LogP contribution in [0.15, 0.2) is 29.0 Å². The fraction of sp³-hybridized carbons (Fsp3) is 0.389. The first-order chi connectivity index (χ1) is 11.2. The van der Waals surface area contributed by atoms with Crippen molar-refractivity contribution in [2.45, 2.75) is 39.3 Å². The van der Waals surface area contributed by atoms with Gasteiger partial charge < -0.3 is 9.30 Å². The van der Waals surface area contributed by atoms with Crippen LogP contribution < -0.4 is 0 Å². The fourth-order valence-corrected chi connectivity index (χ4v) is 4.88. The highest BCUT2D eigenvalue weighted by atomic mass is 32.1. The second-order valence-electron chi connectivity index (χ2n) is 6.05. The Morgan fingerprint density at radius 2 is 2.26 bits per heavy atom. The molecule has 0 bridgehead atoms. The molecule has 1 atom stereocenters. The SMILES string of the molecule is Cc1cc(-c2csc(-c3cccs3)n2)c(C)n1C[C@@H]1CCCO1. The summed E-state index contributed by atoms with van der Waals surface area (Å²) in [6, 6.07) is 6.47. The quantitative estimate of drug-likeness (QED) is 0.655. The van der Waals surface area contributed by atoms with Crippen LogP contribution in [-0.4, -0.2) is 22.3 Å². The van der Waals surface area contributed by atoms with Gasteiger partial charge in [0.25, 0.3) is 0 Å². The lowest BCUT2D eigenvalue weighted by Crippen LogP contribution is -2.16. The summed E-state index contributed by atoms with van der Waals surface area (Å²) in [6.45, 7) is 6.24. The Labute approximate surface area is 144 Å². The molecule has 1 aliphatic rings. The summed E-state index contributed by atoms with van der Waals surface area (Å²) in [5.74, 6) is 0. The Balaban J connectivity index is 1.64. The van der Waals surface area contributed by atoms with Crippen molar-refractivity contribution < 1.29 is 4.74 Å². The maximum absolute atomic E-state index is 5.80. The van der Waals surface area contributed by atoms with Crippen LogP contribution in [0.2, 0.25) is 0 Å². The van der Waals surface area contributed by atoms with Crippen molar-refractivity contribution in [3.8, 4) is 21.1 Å². The molecule has 120 valence electrons. The molecule has 0 radical (unpaired) electrons. The van der Waals surface area contributed by atoms with Gasteiger partial charge in [0, 0.05) is 35.5 Å². The third kappa shape index (κ3) is 2.89. The molecule has 0 aliphatic carbocycles. The van der Waals surface area contributed by atoms with Crippen molar-refractivity contribution in [2.75, 3.05) is 6.61 Å². The van der Waals surface area contributed by atoms with E-state index in [1.165, 1.54) is 34.7 Å². The molecule has 3 nitrogen and oxygen atoms in total. The van der Waals surface area contributed by atoms with Crippen LogP contribution >= 0.6 is 22.7 Å². The maximum Gasteiger partial charge on any atom is 0.134 e.